The fourth-order valence-electron chi connectivity index (χ4n) is 2.23. The Labute approximate surface area is 137 Å². The number of carbonyl (C=O) groups is 1. The molecule has 0 spiro atoms. The molecule has 2 rings (SSSR count). The Kier molecular flexibility index (Phi) is 7.13. The molecule has 2 aromatic rings. The molecule has 0 amide bonds. The van der Waals surface area contributed by atoms with Crippen molar-refractivity contribution in [2.45, 2.75) is 40.5 Å². The van der Waals surface area contributed by atoms with Crippen LogP contribution in [0.4, 0.5) is 0 Å². The van der Waals surface area contributed by atoms with Crippen molar-refractivity contribution in [2.24, 2.45) is 0 Å². The molecule has 4 heteroatoms. The van der Waals surface area contributed by atoms with Crippen LogP contribution in [0.2, 0.25) is 0 Å². The van der Waals surface area contributed by atoms with Gasteiger partial charge in [-0.15, -0.1) is 0 Å². The second-order valence-corrected chi connectivity index (χ2v) is 5.05. The van der Waals surface area contributed by atoms with Gasteiger partial charge in [0.15, 0.2) is 0 Å². The molecule has 4 nitrogen and oxygen atoms in total. The third-order valence-corrected chi connectivity index (χ3v) is 3.20. The number of ether oxygens (including phenoxy) is 1. The number of benzene rings is 2. The van der Waals surface area contributed by atoms with E-state index >= 15 is 0 Å². The highest BCUT2D eigenvalue weighted by atomic mass is 16.5. The smallest absolute Gasteiger partial charge is 0.303 e. The molecule has 23 heavy (non-hydrogen) atoms. The highest BCUT2D eigenvalue weighted by Crippen LogP contribution is 2.30. The van der Waals surface area contributed by atoms with Crippen LogP contribution in [0.25, 0.3) is 0 Å². The van der Waals surface area contributed by atoms with E-state index < -0.39 is 5.97 Å². The minimum atomic E-state index is -0.797. The van der Waals surface area contributed by atoms with E-state index in [9.17, 15) is 9.90 Å². The van der Waals surface area contributed by atoms with Crippen molar-refractivity contribution < 1.29 is 19.7 Å². The maximum atomic E-state index is 10.6. The lowest BCUT2D eigenvalue weighted by molar-refractivity contribution is -0.136. The maximum absolute atomic E-state index is 10.6. The van der Waals surface area contributed by atoms with E-state index in [2.05, 4.69) is 0 Å². The summed E-state index contributed by atoms with van der Waals surface area (Å²) in [4.78, 5) is 10.6. The van der Waals surface area contributed by atoms with Crippen LogP contribution in [-0.2, 0) is 11.2 Å². The van der Waals surface area contributed by atoms with Crippen LogP contribution in [0.1, 0.15) is 37.0 Å². The van der Waals surface area contributed by atoms with Gasteiger partial charge < -0.3 is 14.9 Å². The first-order valence-electron chi connectivity index (χ1n) is 7.74. The number of hydrogen-bond donors (Lipinski definition) is 2. The number of carboxylic acids is 1. The lowest BCUT2D eigenvalue weighted by Gasteiger charge is -2.13. The highest BCUT2D eigenvalue weighted by Gasteiger charge is 2.09. The molecule has 0 aliphatic carbocycles. The number of carboxylic acid groups (broad SMARTS) is 1. The van der Waals surface area contributed by atoms with Crippen molar-refractivity contribution in [3.63, 3.8) is 0 Å². The average molecular weight is 316 g/mol. The SMILES string of the molecule is CC.Cc1cc(CCC(=O)O)cc(C)c1Oc1ccc(O)cc1. The van der Waals surface area contributed by atoms with Gasteiger partial charge in [-0.25, -0.2) is 0 Å². The van der Waals surface area contributed by atoms with Crippen LogP contribution in [0.15, 0.2) is 36.4 Å². The highest BCUT2D eigenvalue weighted by molar-refractivity contribution is 5.67. The summed E-state index contributed by atoms with van der Waals surface area (Å²) in [5.74, 6) is 0.812. The third kappa shape index (κ3) is 5.66. The Morgan fingerprint density at radius 3 is 2.04 bits per heavy atom. The molecule has 0 radical (unpaired) electrons. The first-order chi connectivity index (χ1) is 11.0. The number of rotatable bonds is 5. The molecule has 0 bridgehead atoms. The van der Waals surface area contributed by atoms with Crippen molar-refractivity contribution >= 4 is 5.97 Å². The van der Waals surface area contributed by atoms with Gasteiger partial charge in [-0.05, 0) is 61.2 Å². The Bertz CT molecular complexity index is 622. The Morgan fingerprint density at radius 2 is 1.57 bits per heavy atom. The summed E-state index contributed by atoms with van der Waals surface area (Å²) in [6, 6.07) is 10.4. The Balaban J connectivity index is 0.00000127. The molecule has 124 valence electrons. The molecular weight excluding hydrogens is 292 g/mol. The fourth-order valence-corrected chi connectivity index (χ4v) is 2.23. The summed E-state index contributed by atoms with van der Waals surface area (Å²) in [6.45, 7) is 7.88. The molecule has 0 aromatic heterocycles. The van der Waals surface area contributed by atoms with Gasteiger partial charge in [-0.3, -0.25) is 4.79 Å². The number of aryl methyl sites for hydroxylation is 3. The number of aliphatic carboxylic acids is 1. The monoisotopic (exact) mass is 316 g/mol. The largest absolute Gasteiger partial charge is 0.508 e. The third-order valence-electron chi connectivity index (χ3n) is 3.20. The number of aromatic hydroxyl groups is 1. The molecule has 0 aliphatic heterocycles. The molecule has 0 aliphatic rings. The summed E-state index contributed by atoms with van der Waals surface area (Å²) in [5, 5.41) is 18.0. The topological polar surface area (TPSA) is 66.8 Å². The van der Waals surface area contributed by atoms with Crippen LogP contribution < -0.4 is 4.74 Å². The standard InChI is InChI=1S/C17H18O4.C2H6/c1-11-9-13(3-8-16(19)20)10-12(2)17(11)21-15-6-4-14(18)5-7-15;1-2/h4-7,9-10,18H,3,8H2,1-2H3,(H,19,20);1-2H3. The van der Waals surface area contributed by atoms with Crippen LogP contribution in [0.5, 0.6) is 17.2 Å². The zero-order valence-electron chi connectivity index (χ0n) is 14.1. The first kappa shape index (κ1) is 18.6. The zero-order chi connectivity index (χ0) is 17.4. The van der Waals surface area contributed by atoms with E-state index in [1.165, 1.54) is 0 Å². The first-order valence-corrected chi connectivity index (χ1v) is 7.74. The minimum Gasteiger partial charge on any atom is -0.508 e. The van der Waals surface area contributed by atoms with Crippen LogP contribution in [-0.4, -0.2) is 16.2 Å². The van der Waals surface area contributed by atoms with E-state index in [1.807, 2.05) is 39.8 Å². The van der Waals surface area contributed by atoms with Crippen LogP contribution in [0.3, 0.4) is 0 Å². The predicted octanol–water partition coefficient (Wildman–Crippen LogP) is 4.84. The average Bonchev–Trinajstić information content (AvgIpc) is 2.52. The Morgan fingerprint density at radius 1 is 1.04 bits per heavy atom. The molecule has 0 saturated heterocycles. The quantitative estimate of drug-likeness (QED) is 0.828. The van der Waals surface area contributed by atoms with Crippen molar-refractivity contribution in [3.05, 3.63) is 53.1 Å². The van der Waals surface area contributed by atoms with Gasteiger partial charge in [-0.2, -0.15) is 0 Å². The molecule has 0 unspecified atom stereocenters. The normalized spacial score (nSPS) is 9.74. The van der Waals surface area contributed by atoms with E-state index in [0.29, 0.717) is 12.2 Å². The summed E-state index contributed by atoms with van der Waals surface area (Å²) in [5.41, 5.74) is 2.91. The summed E-state index contributed by atoms with van der Waals surface area (Å²) < 4.78 is 5.85. The lowest BCUT2D eigenvalue weighted by Crippen LogP contribution is -1.99. The molecule has 0 atom stereocenters. The van der Waals surface area contributed by atoms with E-state index in [-0.39, 0.29) is 12.2 Å². The second-order valence-electron chi connectivity index (χ2n) is 5.05. The Hall–Kier alpha value is -2.49. The van der Waals surface area contributed by atoms with Gasteiger partial charge in [0.2, 0.25) is 0 Å². The summed E-state index contributed by atoms with van der Waals surface area (Å²) >= 11 is 0. The number of phenols is 1. The second kappa shape index (κ2) is 8.83. The van der Waals surface area contributed by atoms with Crippen molar-refractivity contribution in [1.82, 2.24) is 0 Å². The van der Waals surface area contributed by atoms with Crippen molar-refractivity contribution in [3.8, 4) is 17.2 Å². The fraction of sp³-hybridized carbons (Fsp3) is 0.316. The van der Waals surface area contributed by atoms with Gasteiger partial charge >= 0.3 is 5.97 Å². The van der Waals surface area contributed by atoms with Crippen LogP contribution in [0, 0.1) is 13.8 Å². The summed E-state index contributed by atoms with van der Waals surface area (Å²) in [7, 11) is 0. The van der Waals surface area contributed by atoms with Crippen molar-refractivity contribution in [2.75, 3.05) is 0 Å². The van der Waals surface area contributed by atoms with Gasteiger partial charge in [0, 0.05) is 6.42 Å². The molecule has 2 N–H and O–H groups in total. The van der Waals surface area contributed by atoms with E-state index in [1.54, 1.807) is 24.3 Å². The van der Waals surface area contributed by atoms with E-state index in [0.717, 1.165) is 22.4 Å². The number of phenolic OH excluding ortho intramolecular Hbond substituents is 1. The molecular formula is C19H24O4. The molecule has 0 fully saturated rings. The maximum Gasteiger partial charge on any atom is 0.303 e. The summed E-state index contributed by atoms with van der Waals surface area (Å²) in [6.07, 6.45) is 0.632. The molecule has 2 aromatic carbocycles. The molecule has 0 saturated carbocycles. The van der Waals surface area contributed by atoms with Crippen LogP contribution >= 0.6 is 0 Å². The van der Waals surface area contributed by atoms with Gasteiger partial charge in [0.1, 0.15) is 17.2 Å². The zero-order valence-corrected chi connectivity index (χ0v) is 14.1. The van der Waals surface area contributed by atoms with Crippen molar-refractivity contribution in [1.29, 1.82) is 0 Å². The van der Waals surface area contributed by atoms with E-state index in [4.69, 9.17) is 9.84 Å². The minimum absolute atomic E-state index is 0.122. The molecule has 0 heterocycles. The lowest BCUT2D eigenvalue weighted by atomic mass is 10.0. The van der Waals surface area contributed by atoms with Gasteiger partial charge in [0.25, 0.3) is 0 Å². The predicted molar refractivity (Wildman–Crippen MR) is 91.4 cm³/mol. The van der Waals surface area contributed by atoms with Gasteiger partial charge in [-0.1, -0.05) is 26.0 Å². The number of hydrogen-bond acceptors (Lipinski definition) is 3. The van der Waals surface area contributed by atoms with Gasteiger partial charge in [0.05, 0.1) is 0 Å².